The molecule has 8 nitrogen and oxygen atoms in total. The van der Waals surface area contributed by atoms with E-state index in [0.717, 1.165) is 29.7 Å². The molecule has 2 heterocycles. The lowest BCUT2D eigenvalue weighted by Crippen LogP contribution is -2.47. The Morgan fingerprint density at radius 2 is 1.94 bits per heavy atom. The van der Waals surface area contributed by atoms with Crippen LogP contribution in [0.5, 0.6) is 5.75 Å². The van der Waals surface area contributed by atoms with E-state index in [1.165, 1.54) is 4.90 Å². The van der Waals surface area contributed by atoms with Crippen molar-refractivity contribution in [2.24, 2.45) is 5.92 Å². The molecule has 2 aromatic rings. The van der Waals surface area contributed by atoms with Gasteiger partial charge in [-0.05, 0) is 48.2 Å². The van der Waals surface area contributed by atoms with E-state index in [2.05, 4.69) is 5.32 Å². The van der Waals surface area contributed by atoms with Crippen LogP contribution in [0.25, 0.3) is 11.1 Å². The Balaban J connectivity index is 1.33. The van der Waals surface area contributed by atoms with Crippen molar-refractivity contribution in [1.29, 1.82) is 0 Å². The molecule has 2 aliphatic rings. The Morgan fingerprint density at radius 1 is 1.12 bits per heavy atom. The van der Waals surface area contributed by atoms with Gasteiger partial charge in [0.05, 0.1) is 19.6 Å². The van der Waals surface area contributed by atoms with Gasteiger partial charge >= 0.3 is 6.09 Å². The molecule has 0 radical (unpaired) electrons. The van der Waals surface area contributed by atoms with Crippen molar-refractivity contribution in [2.45, 2.75) is 12.8 Å². The first-order valence-corrected chi connectivity index (χ1v) is 10.8. The third-order valence-electron chi connectivity index (χ3n) is 5.87. The molecule has 2 saturated heterocycles. The van der Waals surface area contributed by atoms with E-state index in [-0.39, 0.29) is 24.3 Å². The van der Waals surface area contributed by atoms with Gasteiger partial charge in [0.25, 0.3) is 0 Å². The number of carbonyl (C=O) groups excluding carboxylic acids is 3. The van der Waals surface area contributed by atoms with Gasteiger partial charge in [-0.1, -0.05) is 24.3 Å². The molecule has 0 spiro atoms. The summed E-state index contributed by atoms with van der Waals surface area (Å²) in [5.74, 6) is 0.260. The van der Waals surface area contributed by atoms with Crippen LogP contribution in [0.1, 0.15) is 12.8 Å². The van der Waals surface area contributed by atoms with E-state index in [0.29, 0.717) is 31.9 Å². The number of benzene rings is 2. The number of anilines is 1. The fourth-order valence-corrected chi connectivity index (χ4v) is 4.04. The monoisotopic (exact) mass is 437 g/mol. The zero-order valence-electron chi connectivity index (χ0n) is 18.1. The fraction of sp³-hybridized carbons (Fsp3) is 0.375. The zero-order chi connectivity index (χ0) is 22.5. The van der Waals surface area contributed by atoms with E-state index in [1.807, 2.05) is 48.5 Å². The smallest absolute Gasteiger partial charge is 0.410 e. The van der Waals surface area contributed by atoms with E-state index in [4.69, 9.17) is 9.47 Å². The second kappa shape index (κ2) is 9.72. The van der Waals surface area contributed by atoms with Crippen LogP contribution in [0.15, 0.2) is 48.5 Å². The molecule has 32 heavy (non-hydrogen) atoms. The molecular weight excluding hydrogens is 410 g/mol. The summed E-state index contributed by atoms with van der Waals surface area (Å²) < 4.78 is 10.2. The summed E-state index contributed by atoms with van der Waals surface area (Å²) in [6.45, 7) is 1.69. The van der Waals surface area contributed by atoms with E-state index >= 15 is 0 Å². The van der Waals surface area contributed by atoms with E-state index < -0.39 is 6.09 Å². The van der Waals surface area contributed by atoms with Crippen molar-refractivity contribution >= 4 is 23.6 Å². The summed E-state index contributed by atoms with van der Waals surface area (Å²) in [6, 6.07) is 15.5. The number of ether oxygens (including phenoxy) is 2. The van der Waals surface area contributed by atoms with Gasteiger partial charge in [0, 0.05) is 18.8 Å². The number of piperidine rings is 1. The van der Waals surface area contributed by atoms with Crippen LogP contribution in [-0.4, -0.2) is 67.6 Å². The first-order chi connectivity index (χ1) is 15.5. The molecule has 2 aromatic carbocycles. The normalized spacial score (nSPS) is 18.3. The highest BCUT2D eigenvalue weighted by Gasteiger charge is 2.31. The van der Waals surface area contributed by atoms with Gasteiger partial charge in [-0.3, -0.25) is 14.5 Å². The molecule has 1 unspecified atom stereocenters. The molecule has 0 saturated carbocycles. The van der Waals surface area contributed by atoms with Crippen LogP contribution in [0.2, 0.25) is 0 Å². The molecular formula is C24H27N3O5. The van der Waals surface area contributed by atoms with Crippen molar-refractivity contribution in [3.8, 4) is 16.9 Å². The molecule has 168 valence electrons. The molecule has 0 bridgehead atoms. The maximum atomic E-state index is 12.8. The minimum absolute atomic E-state index is 0.00109. The lowest BCUT2D eigenvalue weighted by Gasteiger charge is -2.32. The van der Waals surface area contributed by atoms with Crippen molar-refractivity contribution in [3.63, 3.8) is 0 Å². The molecule has 4 rings (SSSR count). The number of nitrogens with one attached hydrogen (secondary N) is 1. The number of methoxy groups -OCH3 is 1. The standard InChI is InChI=1S/C24H27N3O5/c1-31-21-6-2-4-18(14-21)17-7-9-20(10-8-17)25-23(29)19-5-3-11-26(15-19)22(28)16-27-12-13-32-24(27)30/h2,4,6-10,14,19H,3,5,11-13,15-16H2,1H3,(H,25,29). The Morgan fingerprint density at radius 3 is 2.66 bits per heavy atom. The summed E-state index contributed by atoms with van der Waals surface area (Å²) in [7, 11) is 1.64. The predicted octanol–water partition coefficient (Wildman–Crippen LogP) is 2.99. The second-order valence-electron chi connectivity index (χ2n) is 8.01. The summed E-state index contributed by atoms with van der Waals surface area (Å²) in [5, 5.41) is 2.97. The average molecular weight is 437 g/mol. The van der Waals surface area contributed by atoms with Crippen molar-refractivity contribution in [1.82, 2.24) is 9.80 Å². The summed E-state index contributed by atoms with van der Waals surface area (Å²) in [5.41, 5.74) is 2.77. The minimum Gasteiger partial charge on any atom is -0.497 e. The molecule has 1 atom stereocenters. The van der Waals surface area contributed by atoms with Gasteiger partial charge in [0.1, 0.15) is 18.9 Å². The molecule has 2 fully saturated rings. The highest BCUT2D eigenvalue weighted by Crippen LogP contribution is 2.26. The molecule has 2 aliphatic heterocycles. The van der Waals surface area contributed by atoms with Crippen LogP contribution in [0.4, 0.5) is 10.5 Å². The van der Waals surface area contributed by atoms with Crippen LogP contribution >= 0.6 is 0 Å². The summed E-state index contributed by atoms with van der Waals surface area (Å²) in [6.07, 6.45) is 1.02. The molecule has 8 heteroatoms. The van der Waals surface area contributed by atoms with Gasteiger partial charge in [-0.2, -0.15) is 0 Å². The number of rotatable bonds is 6. The van der Waals surface area contributed by atoms with E-state index in [1.54, 1.807) is 12.0 Å². The van der Waals surface area contributed by atoms with Gasteiger partial charge < -0.3 is 19.7 Å². The van der Waals surface area contributed by atoms with Gasteiger partial charge in [-0.25, -0.2) is 4.79 Å². The average Bonchev–Trinajstić information content (AvgIpc) is 3.23. The minimum atomic E-state index is -0.456. The highest BCUT2D eigenvalue weighted by molar-refractivity contribution is 5.93. The number of nitrogens with zero attached hydrogens (tertiary/aromatic N) is 2. The van der Waals surface area contributed by atoms with Crippen LogP contribution in [-0.2, 0) is 14.3 Å². The van der Waals surface area contributed by atoms with E-state index in [9.17, 15) is 14.4 Å². The highest BCUT2D eigenvalue weighted by atomic mass is 16.6. The Hall–Kier alpha value is -3.55. The number of hydrogen-bond donors (Lipinski definition) is 1. The largest absolute Gasteiger partial charge is 0.497 e. The lowest BCUT2D eigenvalue weighted by atomic mass is 9.96. The quantitative estimate of drug-likeness (QED) is 0.751. The van der Waals surface area contributed by atoms with Crippen molar-refractivity contribution in [3.05, 3.63) is 48.5 Å². The Kier molecular flexibility index (Phi) is 6.58. The predicted molar refractivity (Wildman–Crippen MR) is 119 cm³/mol. The van der Waals surface area contributed by atoms with Crippen molar-refractivity contribution < 1.29 is 23.9 Å². The summed E-state index contributed by atoms with van der Waals surface area (Å²) in [4.78, 5) is 40.0. The first kappa shape index (κ1) is 21.7. The lowest BCUT2D eigenvalue weighted by molar-refractivity contribution is -0.135. The summed E-state index contributed by atoms with van der Waals surface area (Å²) >= 11 is 0. The number of carbonyl (C=O) groups is 3. The SMILES string of the molecule is COc1cccc(-c2ccc(NC(=O)C3CCCN(C(=O)CN4CCOC4=O)C3)cc2)c1. The van der Waals surface area contributed by atoms with Crippen molar-refractivity contribution in [2.75, 3.05) is 45.2 Å². The zero-order valence-corrected chi connectivity index (χ0v) is 18.1. The second-order valence-corrected chi connectivity index (χ2v) is 8.01. The number of amides is 3. The third-order valence-corrected chi connectivity index (χ3v) is 5.87. The third kappa shape index (κ3) is 5.01. The Labute approximate surface area is 187 Å². The molecule has 3 amide bonds. The maximum absolute atomic E-state index is 12.8. The number of cyclic esters (lactones) is 1. The molecule has 1 N–H and O–H groups in total. The molecule has 0 aliphatic carbocycles. The Bertz CT molecular complexity index is 991. The maximum Gasteiger partial charge on any atom is 0.410 e. The van der Waals surface area contributed by atoms with Crippen LogP contribution in [0.3, 0.4) is 0 Å². The van der Waals surface area contributed by atoms with Gasteiger partial charge in [0.2, 0.25) is 11.8 Å². The number of likely N-dealkylation sites (tertiary alicyclic amines) is 1. The van der Waals surface area contributed by atoms with Gasteiger partial charge in [-0.15, -0.1) is 0 Å². The van der Waals surface area contributed by atoms with Crippen LogP contribution < -0.4 is 10.1 Å². The van der Waals surface area contributed by atoms with Crippen LogP contribution in [0, 0.1) is 5.92 Å². The number of hydrogen-bond acceptors (Lipinski definition) is 5. The first-order valence-electron chi connectivity index (χ1n) is 10.8. The topological polar surface area (TPSA) is 88.2 Å². The van der Waals surface area contributed by atoms with Gasteiger partial charge in [0.15, 0.2) is 0 Å². The fourth-order valence-electron chi connectivity index (χ4n) is 4.04. The molecule has 0 aromatic heterocycles.